The highest BCUT2D eigenvalue weighted by atomic mass is 15.2. The molecule has 1 fully saturated rings. The molecule has 0 bridgehead atoms. The molecule has 2 nitrogen and oxygen atoms in total. The summed E-state index contributed by atoms with van der Waals surface area (Å²) in [5.74, 6) is 0.827. The van der Waals surface area contributed by atoms with Crippen LogP contribution in [0.25, 0.3) is 0 Å². The van der Waals surface area contributed by atoms with Crippen molar-refractivity contribution in [2.75, 3.05) is 26.7 Å². The summed E-state index contributed by atoms with van der Waals surface area (Å²) in [7, 11) is 2.10. The number of likely N-dealkylation sites (tertiary alicyclic amines) is 1. The molecule has 1 aliphatic heterocycles. The Morgan fingerprint density at radius 2 is 2.07 bits per heavy atom. The first kappa shape index (κ1) is 13.0. The summed E-state index contributed by atoms with van der Waals surface area (Å²) in [6, 6.07) is 0.651. The molecular weight excluding hydrogens is 184 g/mol. The Kier molecular flexibility index (Phi) is 4.60. The Labute approximate surface area is 95.4 Å². The lowest BCUT2D eigenvalue weighted by atomic mass is 9.78. The summed E-state index contributed by atoms with van der Waals surface area (Å²) in [4.78, 5) is 2.62. The van der Waals surface area contributed by atoms with E-state index in [0.717, 1.165) is 5.92 Å². The molecular formula is C13H28N2. The summed E-state index contributed by atoms with van der Waals surface area (Å²) in [5, 5.41) is 3.47. The summed E-state index contributed by atoms with van der Waals surface area (Å²) in [5.41, 5.74) is 0.461. The molecule has 1 atom stereocenters. The number of likely N-dealkylation sites (N-methyl/N-ethyl adjacent to an activating group) is 1. The normalized spacial score (nSPS) is 27.2. The van der Waals surface area contributed by atoms with Gasteiger partial charge in [0.05, 0.1) is 0 Å². The average molecular weight is 212 g/mol. The number of piperidine rings is 1. The minimum absolute atomic E-state index is 0.461. The van der Waals surface area contributed by atoms with Crippen LogP contribution in [0.1, 0.15) is 40.5 Å². The molecule has 1 unspecified atom stereocenters. The van der Waals surface area contributed by atoms with Crippen molar-refractivity contribution >= 4 is 0 Å². The molecule has 1 heterocycles. The maximum atomic E-state index is 3.47. The Balaban J connectivity index is 2.39. The molecule has 0 aliphatic carbocycles. The van der Waals surface area contributed by atoms with Gasteiger partial charge in [-0.2, -0.15) is 0 Å². The number of nitrogens with zero attached hydrogens (tertiary/aromatic N) is 1. The monoisotopic (exact) mass is 212 g/mol. The highest BCUT2D eigenvalue weighted by molar-refractivity contribution is 4.90. The van der Waals surface area contributed by atoms with Crippen molar-refractivity contribution in [2.24, 2.45) is 11.3 Å². The Morgan fingerprint density at radius 1 is 1.40 bits per heavy atom. The largest absolute Gasteiger partial charge is 0.315 e. The summed E-state index contributed by atoms with van der Waals surface area (Å²) in [6.45, 7) is 13.1. The number of hydrogen-bond acceptors (Lipinski definition) is 2. The Bertz CT molecular complexity index is 185. The SMILES string of the molecule is CNC1CN(CCC(C)C)CCC1(C)C. The summed E-state index contributed by atoms with van der Waals surface area (Å²) in [6.07, 6.45) is 2.65. The van der Waals surface area contributed by atoms with Gasteiger partial charge in [-0.25, -0.2) is 0 Å². The molecule has 0 amide bonds. The second kappa shape index (κ2) is 5.31. The zero-order valence-electron chi connectivity index (χ0n) is 11.1. The third-order valence-corrected chi connectivity index (χ3v) is 3.83. The second-order valence-corrected chi connectivity index (χ2v) is 6.06. The van der Waals surface area contributed by atoms with Crippen LogP contribution in [-0.2, 0) is 0 Å². The van der Waals surface area contributed by atoms with Gasteiger partial charge in [-0.3, -0.25) is 0 Å². The van der Waals surface area contributed by atoms with Crippen molar-refractivity contribution in [1.29, 1.82) is 0 Å². The van der Waals surface area contributed by atoms with E-state index in [1.807, 2.05) is 0 Å². The van der Waals surface area contributed by atoms with Crippen LogP contribution in [0.3, 0.4) is 0 Å². The molecule has 0 saturated carbocycles. The van der Waals surface area contributed by atoms with Gasteiger partial charge in [0, 0.05) is 12.6 Å². The average Bonchev–Trinajstić information content (AvgIpc) is 2.15. The minimum atomic E-state index is 0.461. The fourth-order valence-corrected chi connectivity index (χ4v) is 2.34. The highest BCUT2D eigenvalue weighted by Crippen LogP contribution is 2.30. The van der Waals surface area contributed by atoms with Gasteiger partial charge in [0.2, 0.25) is 0 Å². The van der Waals surface area contributed by atoms with E-state index < -0.39 is 0 Å². The first-order valence-corrected chi connectivity index (χ1v) is 6.35. The van der Waals surface area contributed by atoms with Crippen molar-refractivity contribution in [2.45, 2.75) is 46.6 Å². The lowest BCUT2D eigenvalue weighted by Gasteiger charge is -2.44. The molecule has 0 spiro atoms. The minimum Gasteiger partial charge on any atom is -0.315 e. The molecule has 1 N–H and O–H groups in total. The molecule has 0 aromatic heterocycles. The van der Waals surface area contributed by atoms with E-state index >= 15 is 0 Å². The Morgan fingerprint density at radius 3 is 2.60 bits per heavy atom. The van der Waals surface area contributed by atoms with Crippen molar-refractivity contribution in [3.63, 3.8) is 0 Å². The molecule has 0 radical (unpaired) electrons. The third kappa shape index (κ3) is 3.76. The smallest absolute Gasteiger partial charge is 0.0243 e. The van der Waals surface area contributed by atoms with Gasteiger partial charge in [0.1, 0.15) is 0 Å². The van der Waals surface area contributed by atoms with Crippen molar-refractivity contribution < 1.29 is 0 Å². The van der Waals surface area contributed by atoms with E-state index in [4.69, 9.17) is 0 Å². The fraction of sp³-hybridized carbons (Fsp3) is 1.00. The highest BCUT2D eigenvalue weighted by Gasteiger charge is 2.34. The summed E-state index contributed by atoms with van der Waals surface area (Å²) >= 11 is 0. The van der Waals surface area contributed by atoms with Gasteiger partial charge >= 0.3 is 0 Å². The van der Waals surface area contributed by atoms with Crippen LogP contribution in [0.5, 0.6) is 0 Å². The van der Waals surface area contributed by atoms with E-state index in [9.17, 15) is 0 Å². The van der Waals surface area contributed by atoms with Crippen LogP contribution in [0.4, 0.5) is 0 Å². The van der Waals surface area contributed by atoms with E-state index in [2.05, 4.69) is 45.0 Å². The quantitative estimate of drug-likeness (QED) is 0.769. The zero-order chi connectivity index (χ0) is 11.5. The molecule has 1 rings (SSSR count). The van der Waals surface area contributed by atoms with Crippen LogP contribution in [-0.4, -0.2) is 37.6 Å². The first-order valence-electron chi connectivity index (χ1n) is 6.35. The van der Waals surface area contributed by atoms with E-state index in [1.165, 1.54) is 32.5 Å². The van der Waals surface area contributed by atoms with E-state index in [-0.39, 0.29) is 0 Å². The molecule has 90 valence electrons. The van der Waals surface area contributed by atoms with E-state index in [1.54, 1.807) is 0 Å². The third-order valence-electron chi connectivity index (χ3n) is 3.83. The van der Waals surface area contributed by atoms with Gasteiger partial charge in [-0.15, -0.1) is 0 Å². The number of nitrogens with one attached hydrogen (secondary N) is 1. The summed E-state index contributed by atoms with van der Waals surface area (Å²) < 4.78 is 0. The number of hydrogen-bond donors (Lipinski definition) is 1. The topological polar surface area (TPSA) is 15.3 Å². The lowest BCUT2D eigenvalue weighted by Crippen LogP contribution is -2.54. The molecule has 0 aromatic carbocycles. The van der Waals surface area contributed by atoms with Crippen LogP contribution >= 0.6 is 0 Å². The Hall–Kier alpha value is -0.0800. The predicted octanol–water partition coefficient (Wildman–Crippen LogP) is 2.35. The number of rotatable bonds is 4. The maximum Gasteiger partial charge on any atom is 0.0243 e. The van der Waals surface area contributed by atoms with Gasteiger partial charge in [-0.1, -0.05) is 27.7 Å². The van der Waals surface area contributed by atoms with E-state index in [0.29, 0.717) is 11.5 Å². The lowest BCUT2D eigenvalue weighted by molar-refractivity contribution is 0.0867. The maximum absolute atomic E-state index is 3.47. The van der Waals surface area contributed by atoms with Crippen LogP contribution in [0, 0.1) is 11.3 Å². The van der Waals surface area contributed by atoms with Crippen molar-refractivity contribution in [1.82, 2.24) is 10.2 Å². The molecule has 0 aromatic rings. The van der Waals surface area contributed by atoms with Crippen molar-refractivity contribution in [3.05, 3.63) is 0 Å². The van der Waals surface area contributed by atoms with Gasteiger partial charge in [-0.05, 0) is 44.3 Å². The standard InChI is InChI=1S/C13H28N2/c1-11(2)6-8-15-9-7-13(3,4)12(10-15)14-5/h11-12,14H,6-10H2,1-5H3. The second-order valence-electron chi connectivity index (χ2n) is 6.06. The van der Waals surface area contributed by atoms with Crippen molar-refractivity contribution in [3.8, 4) is 0 Å². The molecule has 1 aliphatic rings. The van der Waals surface area contributed by atoms with Crippen LogP contribution in [0.2, 0.25) is 0 Å². The van der Waals surface area contributed by atoms with Gasteiger partial charge in [0.15, 0.2) is 0 Å². The zero-order valence-corrected chi connectivity index (χ0v) is 11.1. The predicted molar refractivity (Wildman–Crippen MR) is 67.1 cm³/mol. The first-order chi connectivity index (χ1) is 6.95. The van der Waals surface area contributed by atoms with Gasteiger partial charge < -0.3 is 10.2 Å². The fourth-order valence-electron chi connectivity index (χ4n) is 2.34. The van der Waals surface area contributed by atoms with Crippen LogP contribution in [0.15, 0.2) is 0 Å². The molecule has 2 heteroatoms. The van der Waals surface area contributed by atoms with Gasteiger partial charge in [0.25, 0.3) is 0 Å². The van der Waals surface area contributed by atoms with Crippen LogP contribution < -0.4 is 5.32 Å². The molecule has 1 saturated heterocycles. The molecule has 15 heavy (non-hydrogen) atoms.